The second-order valence-corrected chi connectivity index (χ2v) is 10.1. The van der Waals surface area contributed by atoms with Crippen LogP contribution in [0.4, 0.5) is 0 Å². The molecule has 0 aromatic heterocycles. The SMILES string of the molecule is CCCCO[P+](O)(OCCCC)[C@@H](Br)C[C@H]1COC(C)(C)O1. The average molecular weight is 402 g/mol. The van der Waals surface area contributed by atoms with Crippen LogP contribution in [0.15, 0.2) is 0 Å². The van der Waals surface area contributed by atoms with Crippen molar-refractivity contribution >= 4 is 23.9 Å². The van der Waals surface area contributed by atoms with Gasteiger partial charge in [0.2, 0.25) is 4.57 Å². The van der Waals surface area contributed by atoms with Crippen molar-refractivity contribution in [2.45, 2.75) is 76.3 Å². The van der Waals surface area contributed by atoms with E-state index in [4.69, 9.17) is 18.5 Å². The van der Waals surface area contributed by atoms with Gasteiger partial charge in [0.25, 0.3) is 0 Å². The first-order valence-corrected chi connectivity index (χ1v) is 10.8. The minimum absolute atomic E-state index is 0.0598. The highest BCUT2D eigenvalue weighted by atomic mass is 79.9. The molecule has 0 amide bonds. The quantitative estimate of drug-likeness (QED) is 0.310. The van der Waals surface area contributed by atoms with Crippen molar-refractivity contribution in [1.29, 1.82) is 0 Å². The summed E-state index contributed by atoms with van der Waals surface area (Å²) < 4.78 is 22.6. The molecule has 0 aliphatic carbocycles. The molecule has 0 saturated carbocycles. The smallest absolute Gasteiger partial charge is 0.348 e. The van der Waals surface area contributed by atoms with Gasteiger partial charge in [0.1, 0.15) is 0 Å². The van der Waals surface area contributed by atoms with Gasteiger partial charge in [-0.15, -0.1) is 0 Å². The summed E-state index contributed by atoms with van der Waals surface area (Å²) in [4.78, 5) is 10.8. The second-order valence-electron chi connectivity index (χ2n) is 6.06. The van der Waals surface area contributed by atoms with Crippen molar-refractivity contribution in [3.63, 3.8) is 0 Å². The Kier molecular flexibility index (Phi) is 9.31. The van der Waals surface area contributed by atoms with Gasteiger partial charge in [-0.05, 0) is 42.6 Å². The third-order valence-electron chi connectivity index (χ3n) is 3.43. The Balaban J connectivity index is 2.55. The van der Waals surface area contributed by atoms with E-state index < -0.39 is 13.7 Å². The highest BCUT2D eigenvalue weighted by molar-refractivity contribution is 9.10. The van der Waals surface area contributed by atoms with Crippen LogP contribution in [0.1, 0.15) is 59.8 Å². The number of ether oxygens (including phenoxy) is 2. The molecule has 1 aliphatic heterocycles. The first kappa shape index (κ1) is 20.8. The van der Waals surface area contributed by atoms with Crippen LogP contribution in [0.3, 0.4) is 0 Å². The monoisotopic (exact) mass is 401 g/mol. The number of halogens is 1. The summed E-state index contributed by atoms with van der Waals surface area (Å²) in [5.74, 6) is -0.555. The molecule has 1 aliphatic rings. The molecule has 1 rings (SSSR count). The van der Waals surface area contributed by atoms with Gasteiger partial charge >= 0.3 is 7.94 Å². The Morgan fingerprint density at radius 3 is 2.18 bits per heavy atom. The fraction of sp³-hybridized carbons (Fsp3) is 1.00. The van der Waals surface area contributed by atoms with E-state index in [0.717, 1.165) is 25.7 Å². The summed E-state index contributed by atoms with van der Waals surface area (Å²) >= 11 is 3.57. The van der Waals surface area contributed by atoms with Crippen molar-refractivity contribution < 1.29 is 23.4 Å². The number of alkyl halides is 1. The van der Waals surface area contributed by atoms with Crippen LogP contribution in [0, 0.1) is 0 Å². The molecule has 2 atom stereocenters. The first-order valence-electron chi connectivity index (χ1n) is 8.19. The van der Waals surface area contributed by atoms with Crippen molar-refractivity contribution in [3.05, 3.63) is 0 Å². The fourth-order valence-corrected chi connectivity index (χ4v) is 4.91. The molecule has 0 spiro atoms. The molecule has 7 heteroatoms. The number of unbranched alkanes of at least 4 members (excludes halogenated alkanes) is 2. The van der Waals surface area contributed by atoms with Crippen molar-refractivity contribution in [2.75, 3.05) is 19.8 Å². The van der Waals surface area contributed by atoms with Crippen LogP contribution < -0.4 is 0 Å². The van der Waals surface area contributed by atoms with Crippen LogP contribution in [0.5, 0.6) is 0 Å². The lowest BCUT2D eigenvalue weighted by molar-refractivity contribution is -0.138. The van der Waals surface area contributed by atoms with Gasteiger partial charge in [-0.1, -0.05) is 26.7 Å². The van der Waals surface area contributed by atoms with Gasteiger partial charge in [0.15, 0.2) is 5.79 Å². The lowest BCUT2D eigenvalue weighted by atomic mass is 10.3. The Morgan fingerprint density at radius 1 is 1.23 bits per heavy atom. The molecule has 1 saturated heterocycles. The molecule has 5 nitrogen and oxygen atoms in total. The molecule has 1 N–H and O–H groups in total. The van der Waals surface area contributed by atoms with E-state index in [1.54, 1.807) is 0 Å². The summed E-state index contributed by atoms with van der Waals surface area (Å²) in [5, 5.41) is 0. The Bertz CT molecular complexity index is 306. The lowest BCUT2D eigenvalue weighted by Gasteiger charge is -2.23. The highest BCUT2D eigenvalue weighted by Crippen LogP contribution is 2.65. The standard InChI is InChI=1S/C15H31BrO5P/c1-5-7-9-19-22(17,20-10-8-6-2)14(16)11-13-12-18-15(3,4)21-13/h13-14,17H,5-12H2,1-4H3/q+1/t13-,14+/m0/s1. The average Bonchev–Trinajstić information content (AvgIpc) is 2.78. The summed E-state index contributed by atoms with van der Waals surface area (Å²) in [6.07, 6.45) is 4.41. The largest absolute Gasteiger partial charge is 0.423 e. The zero-order valence-corrected chi connectivity index (χ0v) is 16.7. The molecule has 22 heavy (non-hydrogen) atoms. The van der Waals surface area contributed by atoms with Gasteiger partial charge in [0, 0.05) is 6.42 Å². The predicted molar refractivity (Wildman–Crippen MR) is 93.1 cm³/mol. The molecule has 0 aromatic rings. The van der Waals surface area contributed by atoms with Crippen LogP contribution >= 0.6 is 23.9 Å². The molecule has 1 fully saturated rings. The van der Waals surface area contributed by atoms with Crippen molar-refractivity contribution in [1.82, 2.24) is 0 Å². The summed E-state index contributed by atoms with van der Waals surface area (Å²) in [5.41, 5.74) is 0. The summed E-state index contributed by atoms with van der Waals surface area (Å²) in [7, 11) is -2.93. The Labute approximate surface area is 143 Å². The van der Waals surface area contributed by atoms with E-state index in [9.17, 15) is 4.89 Å². The number of hydrogen-bond acceptors (Lipinski definition) is 5. The fourth-order valence-electron chi connectivity index (χ4n) is 2.11. The minimum Gasteiger partial charge on any atom is -0.348 e. The first-order chi connectivity index (χ1) is 10.3. The predicted octanol–water partition coefficient (Wildman–Crippen LogP) is 4.64. The number of rotatable bonds is 11. The molecular formula is C15H31BrO5P+. The third-order valence-corrected chi connectivity index (χ3v) is 7.38. The maximum absolute atomic E-state index is 10.8. The van der Waals surface area contributed by atoms with E-state index in [0.29, 0.717) is 26.2 Å². The summed E-state index contributed by atoms with van der Waals surface area (Å²) in [6, 6.07) is 0. The van der Waals surface area contributed by atoms with Gasteiger partial charge in [-0.25, -0.2) is 0 Å². The van der Waals surface area contributed by atoms with E-state index in [1.165, 1.54) is 0 Å². The van der Waals surface area contributed by atoms with Gasteiger partial charge in [-0.3, -0.25) is 0 Å². The van der Waals surface area contributed by atoms with Crippen LogP contribution in [0.2, 0.25) is 0 Å². The maximum Gasteiger partial charge on any atom is 0.423 e. The van der Waals surface area contributed by atoms with E-state index in [1.807, 2.05) is 13.8 Å². The van der Waals surface area contributed by atoms with Crippen LogP contribution in [-0.2, 0) is 18.5 Å². The highest BCUT2D eigenvalue weighted by Gasteiger charge is 2.51. The van der Waals surface area contributed by atoms with Gasteiger partial charge < -0.3 is 9.47 Å². The van der Waals surface area contributed by atoms with Crippen molar-refractivity contribution in [2.24, 2.45) is 0 Å². The molecule has 1 heterocycles. The second kappa shape index (κ2) is 9.87. The van der Waals surface area contributed by atoms with E-state index in [2.05, 4.69) is 29.8 Å². The summed E-state index contributed by atoms with van der Waals surface area (Å²) in [6.45, 7) is 9.54. The van der Waals surface area contributed by atoms with Crippen molar-refractivity contribution in [3.8, 4) is 0 Å². The number of hydrogen-bond donors (Lipinski definition) is 1. The Morgan fingerprint density at radius 2 is 1.77 bits per heavy atom. The van der Waals surface area contributed by atoms with E-state index in [-0.39, 0.29) is 10.7 Å². The molecule has 0 unspecified atom stereocenters. The normalized spacial score (nSPS) is 22.9. The van der Waals surface area contributed by atoms with Crippen LogP contribution in [-0.4, -0.2) is 41.2 Å². The molecular weight excluding hydrogens is 371 g/mol. The van der Waals surface area contributed by atoms with E-state index >= 15 is 0 Å². The zero-order valence-electron chi connectivity index (χ0n) is 14.2. The molecule has 0 bridgehead atoms. The minimum atomic E-state index is -2.93. The molecule has 132 valence electrons. The molecule has 0 aromatic carbocycles. The van der Waals surface area contributed by atoms with Gasteiger partial charge in [0.05, 0.1) is 25.9 Å². The third kappa shape index (κ3) is 7.08. The lowest BCUT2D eigenvalue weighted by Crippen LogP contribution is -2.24. The topological polar surface area (TPSA) is 57.2 Å². The zero-order chi connectivity index (χ0) is 16.6. The van der Waals surface area contributed by atoms with Crippen LogP contribution in [0.25, 0.3) is 0 Å². The maximum atomic E-state index is 10.8. The Hall–Kier alpha value is 0.710. The van der Waals surface area contributed by atoms with Gasteiger partial charge in [-0.2, -0.15) is 13.9 Å². The molecule has 0 radical (unpaired) electrons.